The highest BCUT2D eigenvalue weighted by Crippen LogP contribution is 2.40. The Hall–Kier alpha value is -4.44. The van der Waals surface area contributed by atoms with E-state index in [9.17, 15) is 14.7 Å². The summed E-state index contributed by atoms with van der Waals surface area (Å²) in [7, 11) is 0. The minimum atomic E-state index is -0.923. The zero-order valence-electron chi connectivity index (χ0n) is 22.3. The van der Waals surface area contributed by atoms with Gasteiger partial charge in [0.25, 0.3) is 0 Å². The number of carboxylic acids is 1. The lowest BCUT2D eigenvalue weighted by Crippen LogP contribution is -2.39. The van der Waals surface area contributed by atoms with Gasteiger partial charge in [0.1, 0.15) is 23.3 Å². The number of fused-ring (bicyclic) bond motifs is 2. The molecule has 1 unspecified atom stereocenters. The maximum Gasteiger partial charge on any atom is 0.340 e. The molecular formula is C27H29N7O5. The van der Waals surface area contributed by atoms with Crippen molar-refractivity contribution in [3.63, 3.8) is 0 Å². The first-order valence-corrected chi connectivity index (χ1v) is 12.7. The van der Waals surface area contributed by atoms with Crippen LogP contribution in [-0.4, -0.2) is 43.7 Å². The Morgan fingerprint density at radius 3 is 2.67 bits per heavy atom. The summed E-state index contributed by atoms with van der Waals surface area (Å²) in [5.41, 5.74) is 9.28. The van der Waals surface area contributed by atoms with Crippen molar-refractivity contribution in [2.45, 2.75) is 70.6 Å². The summed E-state index contributed by atoms with van der Waals surface area (Å²) in [4.78, 5) is 40.4. The number of esters is 1. The van der Waals surface area contributed by atoms with Crippen molar-refractivity contribution in [2.75, 3.05) is 5.32 Å². The van der Waals surface area contributed by atoms with Crippen LogP contribution in [0, 0.1) is 5.92 Å². The number of cyclic esters (lactones) is 1. The first kappa shape index (κ1) is 26.2. The lowest BCUT2D eigenvalue weighted by molar-refractivity contribution is -0.148. The maximum atomic E-state index is 12.5. The molecule has 1 aliphatic carbocycles. The fourth-order valence-electron chi connectivity index (χ4n) is 4.84. The molecule has 202 valence electrons. The van der Waals surface area contributed by atoms with Crippen molar-refractivity contribution in [1.82, 2.24) is 15.0 Å². The van der Waals surface area contributed by atoms with E-state index >= 15 is 0 Å². The quantitative estimate of drug-likeness (QED) is 0.170. The van der Waals surface area contributed by atoms with Crippen LogP contribution in [0.1, 0.15) is 75.0 Å². The van der Waals surface area contributed by atoms with Crippen LogP contribution in [0.4, 0.5) is 11.6 Å². The predicted molar refractivity (Wildman–Crippen MR) is 142 cm³/mol. The average Bonchev–Trinajstić information content (AvgIpc) is 2.83. The van der Waals surface area contributed by atoms with Crippen LogP contribution < -0.4 is 10.1 Å². The third kappa shape index (κ3) is 4.79. The molecule has 3 aromatic heterocycles. The highest BCUT2D eigenvalue weighted by atomic mass is 16.6. The number of anilines is 2. The Morgan fingerprint density at radius 2 is 1.97 bits per heavy atom. The molecular weight excluding hydrogens is 502 g/mol. The number of hydrogen-bond acceptors (Lipinski definition) is 9. The van der Waals surface area contributed by atoms with Crippen LogP contribution in [0.2, 0.25) is 0 Å². The van der Waals surface area contributed by atoms with E-state index in [1.807, 2.05) is 20.8 Å². The zero-order chi connectivity index (χ0) is 28.1. The van der Waals surface area contributed by atoms with E-state index in [1.165, 1.54) is 0 Å². The Balaban J connectivity index is 1.51. The highest BCUT2D eigenvalue weighted by molar-refractivity contribution is 5.93. The average molecular weight is 532 g/mol. The van der Waals surface area contributed by atoms with Crippen LogP contribution in [0.5, 0.6) is 5.88 Å². The fraction of sp³-hybridized carbons (Fsp3) is 0.444. The molecule has 4 heterocycles. The first-order valence-electron chi connectivity index (χ1n) is 12.7. The number of aromatic nitrogens is 3. The van der Waals surface area contributed by atoms with Crippen molar-refractivity contribution in [2.24, 2.45) is 11.0 Å². The monoisotopic (exact) mass is 531 g/mol. The topological polar surface area (TPSA) is 172 Å². The molecule has 0 amide bonds. The first-order chi connectivity index (χ1) is 18.4. The van der Waals surface area contributed by atoms with Gasteiger partial charge in [0, 0.05) is 23.2 Å². The van der Waals surface area contributed by atoms with Gasteiger partial charge in [0.2, 0.25) is 5.88 Å². The molecule has 0 saturated heterocycles. The van der Waals surface area contributed by atoms with Gasteiger partial charge in [-0.1, -0.05) is 25.9 Å². The molecule has 0 spiro atoms. The molecule has 12 heteroatoms. The van der Waals surface area contributed by atoms with Gasteiger partial charge in [0.05, 0.1) is 28.1 Å². The van der Waals surface area contributed by atoms with Crippen molar-refractivity contribution >= 4 is 34.3 Å². The Labute approximate surface area is 224 Å². The van der Waals surface area contributed by atoms with E-state index in [1.54, 1.807) is 44.4 Å². The van der Waals surface area contributed by atoms with Crippen LogP contribution in [0.3, 0.4) is 0 Å². The number of hydrogen-bond donors (Lipinski definition) is 2. The normalized spacial score (nSPS) is 21.7. The SMILES string of the molecule is CC1c2nc(Nc3cc4c(C(C)(C)N=[N+]=[N-])cnc(OC5CC(C(=O)O)C5)c4cn3)ccc2C(=O)OC1(C)C. The molecule has 1 atom stereocenters. The fourth-order valence-corrected chi connectivity index (χ4v) is 4.84. The molecule has 2 N–H and O–H groups in total. The second-order valence-electron chi connectivity index (χ2n) is 11.1. The number of carbonyl (C=O) groups is 2. The van der Waals surface area contributed by atoms with E-state index < -0.39 is 29.0 Å². The molecule has 0 aromatic carbocycles. The van der Waals surface area contributed by atoms with Gasteiger partial charge in [-0.25, -0.2) is 19.7 Å². The molecule has 5 rings (SSSR count). The van der Waals surface area contributed by atoms with E-state index in [-0.39, 0.29) is 12.0 Å². The molecule has 1 aliphatic heterocycles. The van der Waals surface area contributed by atoms with Crippen molar-refractivity contribution < 1.29 is 24.2 Å². The van der Waals surface area contributed by atoms with Gasteiger partial charge < -0.3 is 19.9 Å². The number of nitrogens with one attached hydrogen (secondary N) is 1. The van der Waals surface area contributed by atoms with Gasteiger partial charge in [0.15, 0.2) is 0 Å². The molecule has 3 aromatic rings. The molecule has 1 saturated carbocycles. The summed E-state index contributed by atoms with van der Waals surface area (Å²) in [6.45, 7) is 9.26. The van der Waals surface area contributed by atoms with Gasteiger partial charge in [-0.2, -0.15) is 0 Å². The molecule has 12 nitrogen and oxygen atoms in total. The third-order valence-electron chi connectivity index (χ3n) is 7.62. The van der Waals surface area contributed by atoms with Crippen molar-refractivity contribution in [3.8, 4) is 5.88 Å². The van der Waals surface area contributed by atoms with E-state index in [0.717, 1.165) is 0 Å². The largest absolute Gasteiger partial charge is 0.481 e. The van der Waals surface area contributed by atoms with Crippen LogP contribution in [0.15, 0.2) is 35.7 Å². The lowest BCUT2D eigenvalue weighted by Gasteiger charge is -2.36. The smallest absolute Gasteiger partial charge is 0.340 e. The summed E-state index contributed by atoms with van der Waals surface area (Å²) in [6.07, 6.45) is 3.78. The summed E-state index contributed by atoms with van der Waals surface area (Å²) >= 11 is 0. The number of pyridine rings is 3. The van der Waals surface area contributed by atoms with Gasteiger partial charge in [-0.3, -0.25) is 4.79 Å². The minimum absolute atomic E-state index is 0.120. The van der Waals surface area contributed by atoms with Gasteiger partial charge >= 0.3 is 11.9 Å². The summed E-state index contributed by atoms with van der Waals surface area (Å²) < 4.78 is 11.6. The number of aliphatic carboxylic acids is 1. The van der Waals surface area contributed by atoms with Crippen LogP contribution >= 0.6 is 0 Å². The highest BCUT2D eigenvalue weighted by Gasteiger charge is 2.40. The Morgan fingerprint density at radius 1 is 1.23 bits per heavy atom. The van der Waals surface area contributed by atoms with Crippen LogP contribution in [0.25, 0.3) is 21.2 Å². The summed E-state index contributed by atoms with van der Waals surface area (Å²) in [6, 6.07) is 5.19. The zero-order valence-corrected chi connectivity index (χ0v) is 22.3. The standard InChI is InChI=1S/C27H29N7O5/c1-13-22-16(25(37)39-27(13,4)5)6-7-20(32-22)31-21-10-17-18(11-29-21)23(38-15-8-14(9-15)24(35)36)30-12-19(17)26(2,3)33-34-28/h6-7,10-15H,8-9H2,1-5H3,(H,35,36)(H,29,31,32). The van der Waals surface area contributed by atoms with Crippen molar-refractivity contribution in [1.29, 1.82) is 0 Å². The van der Waals surface area contributed by atoms with Crippen LogP contribution in [-0.2, 0) is 15.1 Å². The number of azide groups is 1. The Kier molecular flexibility index (Phi) is 6.30. The summed E-state index contributed by atoms with van der Waals surface area (Å²) in [5.74, 6) is -0.453. The number of rotatable bonds is 7. The number of carboxylic acid groups (broad SMARTS) is 1. The summed E-state index contributed by atoms with van der Waals surface area (Å²) in [5, 5.41) is 17.7. The molecule has 0 radical (unpaired) electrons. The minimum Gasteiger partial charge on any atom is -0.481 e. The molecule has 2 aliphatic rings. The number of nitrogens with zero attached hydrogens (tertiary/aromatic N) is 6. The Bertz CT molecular complexity index is 1540. The van der Waals surface area contributed by atoms with E-state index in [0.29, 0.717) is 58.0 Å². The number of carbonyl (C=O) groups excluding carboxylic acids is 1. The third-order valence-corrected chi connectivity index (χ3v) is 7.62. The van der Waals surface area contributed by atoms with Crippen molar-refractivity contribution in [3.05, 3.63) is 57.9 Å². The second-order valence-corrected chi connectivity index (χ2v) is 11.1. The molecule has 1 fully saturated rings. The lowest BCUT2D eigenvalue weighted by atomic mass is 9.82. The van der Waals surface area contributed by atoms with E-state index in [2.05, 4.69) is 25.3 Å². The molecule has 0 bridgehead atoms. The number of ether oxygens (including phenoxy) is 2. The van der Waals surface area contributed by atoms with Gasteiger partial charge in [-0.05, 0) is 61.4 Å². The predicted octanol–water partition coefficient (Wildman–Crippen LogP) is 5.61. The second kappa shape index (κ2) is 9.39. The maximum absolute atomic E-state index is 12.5. The van der Waals surface area contributed by atoms with Gasteiger partial charge in [-0.15, -0.1) is 0 Å². The van der Waals surface area contributed by atoms with E-state index in [4.69, 9.17) is 20.0 Å². The molecule has 39 heavy (non-hydrogen) atoms.